The summed E-state index contributed by atoms with van der Waals surface area (Å²) in [5, 5.41) is 13.5. The van der Waals surface area contributed by atoms with Gasteiger partial charge in [-0.05, 0) is 73.8 Å². The Balaban J connectivity index is 1.29. The fourth-order valence-electron chi connectivity index (χ4n) is 4.53. The van der Waals surface area contributed by atoms with E-state index in [4.69, 9.17) is 11.6 Å². The van der Waals surface area contributed by atoms with Crippen LogP contribution in [0.15, 0.2) is 67.0 Å². The van der Waals surface area contributed by atoms with Crippen molar-refractivity contribution in [1.82, 2.24) is 20.2 Å². The molecule has 4 aromatic rings. The standard InChI is InChI=1S/C27H27ClN6O2/c1-29-27(36)34-13-9-20-14-23(22(28)16-24(20)34)32-21-8-12-31-25(15-21)33-26(35)19-4-2-17(3-5-19)18-6-10-30-11-7-18/h2-5,8-9,12-16,18,30H,6-7,10-11H2,1H3,(H,29,36)(H2,31,32,33,35). The number of amides is 2. The molecule has 1 saturated heterocycles. The number of nitrogens with one attached hydrogen (secondary N) is 4. The van der Waals surface area contributed by atoms with Crippen LogP contribution in [0.5, 0.6) is 0 Å². The Hall–Kier alpha value is -3.88. The molecule has 0 bridgehead atoms. The second-order valence-electron chi connectivity index (χ2n) is 8.79. The molecule has 2 aromatic carbocycles. The van der Waals surface area contributed by atoms with Crippen molar-refractivity contribution in [2.75, 3.05) is 30.8 Å². The SMILES string of the molecule is CNC(=O)n1ccc2cc(Nc3ccnc(NC(=O)c4ccc(C5CCNCC5)cc4)c3)c(Cl)cc21. The van der Waals surface area contributed by atoms with Crippen molar-refractivity contribution in [3.63, 3.8) is 0 Å². The summed E-state index contributed by atoms with van der Waals surface area (Å²) in [6.07, 6.45) is 5.55. The van der Waals surface area contributed by atoms with Gasteiger partial charge in [-0.2, -0.15) is 0 Å². The van der Waals surface area contributed by atoms with Gasteiger partial charge in [0.2, 0.25) is 0 Å². The van der Waals surface area contributed by atoms with E-state index in [1.165, 1.54) is 10.1 Å². The number of nitrogens with zero attached hydrogens (tertiary/aromatic N) is 2. The highest BCUT2D eigenvalue weighted by Gasteiger charge is 2.16. The van der Waals surface area contributed by atoms with Gasteiger partial charge >= 0.3 is 6.03 Å². The lowest BCUT2D eigenvalue weighted by Crippen LogP contribution is -2.26. The van der Waals surface area contributed by atoms with Crippen LogP contribution in [-0.4, -0.2) is 41.6 Å². The molecule has 5 rings (SSSR count). The molecule has 0 atom stereocenters. The number of anilines is 3. The molecule has 3 heterocycles. The molecule has 184 valence electrons. The molecule has 0 radical (unpaired) electrons. The minimum absolute atomic E-state index is 0.216. The van der Waals surface area contributed by atoms with Gasteiger partial charge in [-0.15, -0.1) is 0 Å². The number of rotatable bonds is 5. The smallest absolute Gasteiger partial charge is 0.325 e. The Kier molecular flexibility index (Phi) is 6.88. The van der Waals surface area contributed by atoms with Crippen molar-refractivity contribution in [1.29, 1.82) is 0 Å². The van der Waals surface area contributed by atoms with Crippen LogP contribution in [0.25, 0.3) is 10.9 Å². The van der Waals surface area contributed by atoms with Crippen LogP contribution in [0.2, 0.25) is 5.02 Å². The number of hydrogen-bond donors (Lipinski definition) is 4. The molecule has 1 fully saturated rings. The minimum Gasteiger partial charge on any atom is -0.354 e. The lowest BCUT2D eigenvalue weighted by molar-refractivity contribution is 0.102. The number of piperidine rings is 1. The zero-order valence-electron chi connectivity index (χ0n) is 19.8. The van der Waals surface area contributed by atoms with Crippen LogP contribution in [0.4, 0.5) is 22.0 Å². The predicted octanol–water partition coefficient (Wildman–Crippen LogP) is 5.34. The van der Waals surface area contributed by atoms with Gasteiger partial charge < -0.3 is 21.3 Å². The Bertz CT molecular complexity index is 1410. The van der Waals surface area contributed by atoms with E-state index < -0.39 is 0 Å². The van der Waals surface area contributed by atoms with Gasteiger partial charge in [0.25, 0.3) is 5.91 Å². The maximum absolute atomic E-state index is 12.8. The van der Waals surface area contributed by atoms with E-state index in [1.807, 2.05) is 36.4 Å². The van der Waals surface area contributed by atoms with Crippen molar-refractivity contribution < 1.29 is 9.59 Å². The summed E-state index contributed by atoms with van der Waals surface area (Å²) in [4.78, 5) is 29.1. The van der Waals surface area contributed by atoms with Gasteiger partial charge in [0, 0.05) is 42.1 Å². The topological polar surface area (TPSA) is 100 Å². The Morgan fingerprint density at radius 1 is 1.06 bits per heavy atom. The first-order valence-corrected chi connectivity index (χ1v) is 12.3. The highest BCUT2D eigenvalue weighted by atomic mass is 35.5. The van der Waals surface area contributed by atoms with Gasteiger partial charge in [0.1, 0.15) is 5.82 Å². The molecule has 1 aliphatic rings. The number of carbonyl (C=O) groups is 2. The third-order valence-corrected chi connectivity index (χ3v) is 6.79. The first-order chi connectivity index (χ1) is 17.5. The molecule has 2 amide bonds. The Labute approximate surface area is 214 Å². The largest absolute Gasteiger partial charge is 0.354 e. The van der Waals surface area contributed by atoms with E-state index in [2.05, 4.69) is 26.3 Å². The van der Waals surface area contributed by atoms with Crippen LogP contribution in [0, 0.1) is 0 Å². The van der Waals surface area contributed by atoms with Crippen molar-refractivity contribution in [3.05, 3.63) is 83.1 Å². The van der Waals surface area contributed by atoms with Crippen LogP contribution in [-0.2, 0) is 0 Å². The molecule has 0 unspecified atom stereocenters. The van der Waals surface area contributed by atoms with Gasteiger partial charge in [-0.25, -0.2) is 9.78 Å². The normalized spacial score (nSPS) is 13.9. The van der Waals surface area contributed by atoms with Crippen molar-refractivity contribution in [3.8, 4) is 0 Å². The number of aromatic nitrogens is 2. The van der Waals surface area contributed by atoms with E-state index in [0.717, 1.165) is 31.3 Å². The summed E-state index contributed by atoms with van der Waals surface area (Å²) in [6.45, 7) is 2.07. The third-order valence-electron chi connectivity index (χ3n) is 6.48. The first-order valence-electron chi connectivity index (χ1n) is 11.9. The van der Waals surface area contributed by atoms with Gasteiger partial charge in [0.05, 0.1) is 16.2 Å². The Morgan fingerprint density at radius 2 is 1.83 bits per heavy atom. The summed E-state index contributed by atoms with van der Waals surface area (Å²) < 4.78 is 1.50. The summed E-state index contributed by atoms with van der Waals surface area (Å²) in [6, 6.07) is 16.6. The van der Waals surface area contributed by atoms with Gasteiger partial charge in [0.15, 0.2) is 0 Å². The number of halogens is 1. The van der Waals surface area contributed by atoms with Gasteiger partial charge in [-0.3, -0.25) is 9.36 Å². The summed E-state index contributed by atoms with van der Waals surface area (Å²) >= 11 is 6.51. The van der Waals surface area contributed by atoms with E-state index in [-0.39, 0.29) is 11.9 Å². The summed E-state index contributed by atoms with van der Waals surface area (Å²) in [5.74, 6) is 0.753. The molecule has 0 spiro atoms. The molecular formula is C27H27ClN6O2. The number of benzene rings is 2. The second kappa shape index (κ2) is 10.4. The number of fused-ring (bicyclic) bond motifs is 1. The molecule has 4 N–H and O–H groups in total. The Morgan fingerprint density at radius 3 is 2.58 bits per heavy atom. The molecule has 9 heteroatoms. The van der Waals surface area contributed by atoms with E-state index >= 15 is 0 Å². The number of pyridine rings is 1. The average molecular weight is 503 g/mol. The fraction of sp³-hybridized carbons (Fsp3) is 0.222. The third kappa shape index (κ3) is 5.05. The summed E-state index contributed by atoms with van der Waals surface area (Å²) in [5.41, 5.74) is 3.96. The highest BCUT2D eigenvalue weighted by molar-refractivity contribution is 6.34. The number of carbonyl (C=O) groups excluding carboxylic acids is 2. The molecular weight excluding hydrogens is 476 g/mol. The lowest BCUT2D eigenvalue weighted by atomic mass is 9.90. The molecule has 2 aromatic heterocycles. The second-order valence-corrected chi connectivity index (χ2v) is 9.19. The van der Waals surface area contributed by atoms with Crippen molar-refractivity contribution in [2.24, 2.45) is 0 Å². The maximum atomic E-state index is 12.8. The lowest BCUT2D eigenvalue weighted by Gasteiger charge is -2.23. The van der Waals surface area contributed by atoms with Crippen LogP contribution < -0.4 is 21.3 Å². The van der Waals surface area contributed by atoms with E-state index in [9.17, 15) is 9.59 Å². The molecule has 0 aliphatic carbocycles. The molecule has 1 aliphatic heterocycles. The fourth-order valence-corrected chi connectivity index (χ4v) is 4.74. The maximum Gasteiger partial charge on any atom is 0.325 e. The van der Waals surface area contributed by atoms with Crippen LogP contribution in [0.3, 0.4) is 0 Å². The zero-order valence-corrected chi connectivity index (χ0v) is 20.6. The van der Waals surface area contributed by atoms with E-state index in [1.54, 1.807) is 37.6 Å². The van der Waals surface area contributed by atoms with Crippen LogP contribution in [0.1, 0.15) is 34.7 Å². The van der Waals surface area contributed by atoms with E-state index in [0.29, 0.717) is 39.2 Å². The highest BCUT2D eigenvalue weighted by Crippen LogP contribution is 2.31. The predicted molar refractivity (Wildman–Crippen MR) is 144 cm³/mol. The quantitative estimate of drug-likeness (QED) is 0.295. The first kappa shape index (κ1) is 23.8. The zero-order chi connectivity index (χ0) is 25.1. The number of hydrogen-bond acceptors (Lipinski definition) is 5. The summed E-state index contributed by atoms with van der Waals surface area (Å²) in [7, 11) is 1.58. The average Bonchev–Trinajstić information content (AvgIpc) is 3.31. The molecule has 36 heavy (non-hydrogen) atoms. The molecule has 8 nitrogen and oxygen atoms in total. The molecule has 0 saturated carbocycles. The monoisotopic (exact) mass is 502 g/mol. The minimum atomic E-state index is -0.239. The van der Waals surface area contributed by atoms with Crippen molar-refractivity contribution in [2.45, 2.75) is 18.8 Å². The van der Waals surface area contributed by atoms with Crippen molar-refractivity contribution >= 4 is 51.6 Å². The van der Waals surface area contributed by atoms with Gasteiger partial charge in [-0.1, -0.05) is 23.7 Å². The van der Waals surface area contributed by atoms with Crippen LogP contribution >= 0.6 is 11.6 Å².